The highest BCUT2D eigenvalue weighted by molar-refractivity contribution is 5.77. The van der Waals surface area contributed by atoms with E-state index in [4.69, 9.17) is 5.26 Å². The molecule has 2 rings (SSSR count). The average Bonchev–Trinajstić information content (AvgIpc) is 3.12. The second kappa shape index (κ2) is 5.50. The summed E-state index contributed by atoms with van der Waals surface area (Å²) in [6.45, 7) is 0.423. The van der Waals surface area contributed by atoms with Crippen molar-refractivity contribution in [2.45, 2.75) is 25.3 Å². The van der Waals surface area contributed by atoms with Gasteiger partial charge in [0.2, 0.25) is 5.91 Å². The van der Waals surface area contributed by atoms with E-state index in [1.54, 1.807) is 6.07 Å². The number of anilines is 1. The first-order valence-corrected chi connectivity index (χ1v) is 5.91. The van der Waals surface area contributed by atoms with Crippen molar-refractivity contribution in [3.63, 3.8) is 0 Å². The maximum Gasteiger partial charge on any atom is 0.221 e. The van der Waals surface area contributed by atoms with E-state index in [9.17, 15) is 9.18 Å². The fourth-order valence-corrected chi connectivity index (χ4v) is 1.60. The molecule has 0 aliphatic heterocycles. The van der Waals surface area contributed by atoms with Gasteiger partial charge in [-0.2, -0.15) is 5.26 Å². The number of nitrogens with zero attached hydrogens (tertiary/aromatic N) is 1. The van der Waals surface area contributed by atoms with E-state index >= 15 is 0 Å². The number of carbonyl (C=O) groups excluding carboxylic acids is 1. The molecule has 1 amide bonds. The third kappa shape index (κ3) is 3.74. The summed E-state index contributed by atoms with van der Waals surface area (Å²) in [5.41, 5.74) is 0.783. The molecule has 1 aromatic rings. The zero-order valence-corrected chi connectivity index (χ0v) is 9.87. The Balaban J connectivity index is 1.80. The quantitative estimate of drug-likeness (QED) is 0.833. The highest BCUT2D eigenvalue weighted by Crippen LogP contribution is 2.18. The van der Waals surface area contributed by atoms with Crippen molar-refractivity contribution >= 4 is 11.6 Å². The van der Waals surface area contributed by atoms with Crippen LogP contribution in [0.3, 0.4) is 0 Å². The van der Waals surface area contributed by atoms with Crippen molar-refractivity contribution in [1.29, 1.82) is 5.26 Å². The van der Waals surface area contributed by atoms with Crippen LogP contribution in [0.2, 0.25) is 0 Å². The smallest absolute Gasteiger partial charge is 0.221 e. The average molecular weight is 247 g/mol. The van der Waals surface area contributed by atoms with Crippen LogP contribution >= 0.6 is 0 Å². The van der Waals surface area contributed by atoms with Crippen molar-refractivity contribution in [1.82, 2.24) is 5.32 Å². The summed E-state index contributed by atoms with van der Waals surface area (Å²) in [4.78, 5) is 11.4. The minimum absolute atomic E-state index is 0.00177. The van der Waals surface area contributed by atoms with E-state index in [1.165, 1.54) is 12.1 Å². The Bertz CT molecular complexity index is 491. The molecule has 0 spiro atoms. The zero-order valence-electron chi connectivity index (χ0n) is 9.87. The van der Waals surface area contributed by atoms with Gasteiger partial charge in [0.25, 0.3) is 0 Å². The van der Waals surface area contributed by atoms with Crippen LogP contribution in [0.25, 0.3) is 0 Å². The molecule has 0 saturated heterocycles. The number of carbonyl (C=O) groups is 1. The Morgan fingerprint density at radius 3 is 2.89 bits per heavy atom. The number of halogens is 1. The molecule has 0 unspecified atom stereocenters. The Hall–Kier alpha value is -2.09. The van der Waals surface area contributed by atoms with E-state index < -0.39 is 5.82 Å². The third-order valence-corrected chi connectivity index (χ3v) is 2.65. The van der Waals surface area contributed by atoms with Crippen molar-refractivity contribution in [3.8, 4) is 6.07 Å². The fourth-order valence-electron chi connectivity index (χ4n) is 1.60. The largest absolute Gasteiger partial charge is 0.384 e. The molecule has 5 heteroatoms. The molecule has 94 valence electrons. The monoisotopic (exact) mass is 247 g/mol. The van der Waals surface area contributed by atoms with Gasteiger partial charge in [0.15, 0.2) is 0 Å². The second-order valence-corrected chi connectivity index (χ2v) is 4.36. The maximum atomic E-state index is 13.1. The Morgan fingerprint density at radius 2 is 2.22 bits per heavy atom. The Morgan fingerprint density at radius 1 is 1.44 bits per heavy atom. The molecule has 0 radical (unpaired) electrons. The molecule has 1 aliphatic rings. The summed E-state index contributed by atoms with van der Waals surface area (Å²) in [5.74, 6) is -0.458. The summed E-state index contributed by atoms with van der Waals surface area (Å²) < 4.78 is 13.1. The van der Waals surface area contributed by atoms with Crippen LogP contribution in [0.1, 0.15) is 24.8 Å². The van der Waals surface area contributed by atoms with Gasteiger partial charge in [-0.25, -0.2) is 4.39 Å². The van der Waals surface area contributed by atoms with Crippen LogP contribution in [0.15, 0.2) is 18.2 Å². The molecule has 1 fully saturated rings. The second-order valence-electron chi connectivity index (χ2n) is 4.36. The molecule has 2 N–H and O–H groups in total. The molecule has 1 saturated carbocycles. The summed E-state index contributed by atoms with van der Waals surface area (Å²) in [6, 6.07) is 6.27. The lowest BCUT2D eigenvalue weighted by Crippen LogP contribution is -2.27. The van der Waals surface area contributed by atoms with Gasteiger partial charge in [-0.3, -0.25) is 4.79 Å². The highest BCUT2D eigenvalue weighted by atomic mass is 19.1. The standard InChI is InChI=1S/C13H14FN3O/c14-10-5-9(8-15)6-12(7-10)16-4-3-13(18)17-11-1-2-11/h5-7,11,16H,1-4H2,(H,17,18). The normalized spacial score (nSPS) is 13.8. The van der Waals surface area contributed by atoms with Crippen molar-refractivity contribution in [2.24, 2.45) is 0 Å². The molecule has 0 bridgehead atoms. The third-order valence-electron chi connectivity index (χ3n) is 2.65. The molecule has 4 nitrogen and oxygen atoms in total. The van der Waals surface area contributed by atoms with E-state index in [1.807, 2.05) is 6.07 Å². The fraction of sp³-hybridized carbons (Fsp3) is 0.385. The van der Waals surface area contributed by atoms with Crippen LogP contribution in [0, 0.1) is 17.1 Å². The van der Waals surface area contributed by atoms with Gasteiger partial charge in [0.1, 0.15) is 5.82 Å². The highest BCUT2D eigenvalue weighted by Gasteiger charge is 2.22. The van der Waals surface area contributed by atoms with Gasteiger partial charge in [-0.1, -0.05) is 0 Å². The van der Waals surface area contributed by atoms with Crippen LogP contribution in [-0.2, 0) is 4.79 Å². The zero-order chi connectivity index (χ0) is 13.0. The Kier molecular flexibility index (Phi) is 3.78. The molecular weight excluding hydrogens is 233 g/mol. The molecular formula is C13H14FN3O. The first-order chi connectivity index (χ1) is 8.67. The first-order valence-electron chi connectivity index (χ1n) is 5.91. The van der Waals surface area contributed by atoms with Gasteiger partial charge in [-0.05, 0) is 31.0 Å². The SMILES string of the molecule is N#Cc1cc(F)cc(NCCC(=O)NC2CC2)c1. The molecule has 0 heterocycles. The lowest BCUT2D eigenvalue weighted by atomic mass is 10.2. The van der Waals surface area contributed by atoms with E-state index in [-0.39, 0.29) is 11.5 Å². The summed E-state index contributed by atoms with van der Waals surface area (Å²) in [6.07, 6.45) is 2.47. The number of nitriles is 1. The van der Waals surface area contributed by atoms with Crippen LogP contribution in [-0.4, -0.2) is 18.5 Å². The number of hydrogen-bond donors (Lipinski definition) is 2. The molecule has 1 aliphatic carbocycles. The van der Waals surface area contributed by atoms with Gasteiger partial charge in [0, 0.05) is 24.7 Å². The molecule has 1 aromatic carbocycles. The van der Waals surface area contributed by atoms with E-state index in [0.29, 0.717) is 24.7 Å². The lowest BCUT2D eigenvalue weighted by molar-refractivity contribution is -0.120. The Labute approximate surface area is 105 Å². The van der Waals surface area contributed by atoms with Crippen molar-refractivity contribution < 1.29 is 9.18 Å². The predicted octanol–water partition coefficient (Wildman–Crippen LogP) is 1.78. The van der Waals surface area contributed by atoms with Gasteiger partial charge < -0.3 is 10.6 Å². The summed E-state index contributed by atoms with van der Waals surface area (Å²) in [5, 5.41) is 14.5. The lowest BCUT2D eigenvalue weighted by Gasteiger charge is -2.07. The molecule has 0 aromatic heterocycles. The van der Waals surface area contributed by atoms with E-state index in [0.717, 1.165) is 12.8 Å². The molecule has 0 atom stereocenters. The summed E-state index contributed by atoms with van der Waals surface area (Å²) >= 11 is 0. The van der Waals surface area contributed by atoms with E-state index in [2.05, 4.69) is 10.6 Å². The predicted molar refractivity (Wildman–Crippen MR) is 65.4 cm³/mol. The molecule has 18 heavy (non-hydrogen) atoms. The summed E-state index contributed by atoms with van der Waals surface area (Å²) in [7, 11) is 0. The van der Waals surface area contributed by atoms with Crippen molar-refractivity contribution in [2.75, 3.05) is 11.9 Å². The van der Waals surface area contributed by atoms with Gasteiger partial charge >= 0.3 is 0 Å². The van der Waals surface area contributed by atoms with Crippen LogP contribution in [0.4, 0.5) is 10.1 Å². The van der Waals surface area contributed by atoms with Crippen LogP contribution < -0.4 is 10.6 Å². The number of hydrogen-bond acceptors (Lipinski definition) is 3. The topological polar surface area (TPSA) is 64.9 Å². The number of nitrogens with one attached hydrogen (secondary N) is 2. The number of rotatable bonds is 5. The number of amides is 1. The van der Waals surface area contributed by atoms with Crippen molar-refractivity contribution in [3.05, 3.63) is 29.6 Å². The minimum Gasteiger partial charge on any atom is -0.384 e. The van der Waals surface area contributed by atoms with Gasteiger partial charge in [-0.15, -0.1) is 0 Å². The minimum atomic E-state index is -0.459. The number of benzene rings is 1. The van der Waals surface area contributed by atoms with Crippen LogP contribution in [0.5, 0.6) is 0 Å². The maximum absolute atomic E-state index is 13.1. The van der Waals surface area contributed by atoms with Gasteiger partial charge in [0.05, 0.1) is 11.6 Å². The first kappa shape index (κ1) is 12.4.